The molecule has 0 bridgehead atoms. The number of benzene rings is 2. The summed E-state index contributed by atoms with van der Waals surface area (Å²) in [4.78, 5) is 40.7. The summed E-state index contributed by atoms with van der Waals surface area (Å²) in [6.45, 7) is 1.54. The number of rotatable bonds is 6. The first-order chi connectivity index (χ1) is 14.1. The van der Waals surface area contributed by atoms with Crippen molar-refractivity contribution >= 4 is 29.2 Å². The highest BCUT2D eigenvalue weighted by Crippen LogP contribution is 2.34. The molecular formula is C21H19N3O4S. The van der Waals surface area contributed by atoms with E-state index in [1.165, 1.54) is 11.3 Å². The maximum absolute atomic E-state index is 12.7. The van der Waals surface area contributed by atoms with Crippen molar-refractivity contribution in [2.24, 2.45) is 0 Å². The lowest BCUT2D eigenvalue weighted by Gasteiger charge is -2.06. The van der Waals surface area contributed by atoms with Crippen molar-refractivity contribution in [3.63, 3.8) is 0 Å². The number of hydrogen-bond acceptors (Lipinski definition) is 6. The number of urea groups is 1. The Morgan fingerprint density at radius 1 is 0.966 bits per heavy atom. The van der Waals surface area contributed by atoms with E-state index < -0.39 is 24.5 Å². The molecule has 1 heterocycles. The molecule has 2 N–H and O–H groups in total. The molecule has 0 saturated heterocycles. The van der Waals surface area contributed by atoms with Crippen LogP contribution in [0.25, 0.3) is 21.8 Å². The lowest BCUT2D eigenvalue weighted by molar-refractivity contribution is -0.123. The summed E-state index contributed by atoms with van der Waals surface area (Å²) in [5, 5.41) is 5.18. The average Bonchev–Trinajstić information content (AvgIpc) is 3.19. The molecular weight excluding hydrogens is 390 g/mol. The van der Waals surface area contributed by atoms with Crippen LogP contribution in [0, 0.1) is 0 Å². The van der Waals surface area contributed by atoms with Crippen molar-refractivity contribution < 1.29 is 19.1 Å². The third-order valence-corrected chi connectivity index (χ3v) is 4.89. The summed E-state index contributed by atoms with van der Waals surface area (Å²) in [6.07, 6.45) is 0. The molecule has 3 aromatic rings. The summed E-state index contributed by atoms with van der Waals surface area (Å²) in [6, 6.07) is 18.1. The minimum absolute atomic E-state index is 0.292. The highest BCUT2D eigenvalue weighted by molar-refractivity contribution is 7.17. The van der Waals surface area contributed by atoms with Crippen LogP contribution in [0.3, 0.4) is 0 Å². The van der Waals surface area contributed by atoms with E-state index in [-0.39, 0.29) is 0 Å². The number of nitrogens with zero attached hydrogens (tertiary/aromatic N) is 1. The quantitative estimate of drug-likeness (QED) is 0.608. The molecule has 0 spiro atoms. The standard InChI is InChI=1S/C21H19N3O4S/c1-2-22-21(27)23-16(25)13-28-20(26)18-17(14-9-5-3-6-10-14)24-19(29-18)15-11-7-4-8-12-15/h3-12H,2,13H2,1H3,(H2,22,23,25,27). The van der Waals surface area contributed by atoms with Gasteiger partial charge in [0.25, 0.3) is 5.91 Å². The van der Waals surface area contributed by atoms with Crippen molar-refractivity contribution in [3.05, 3.63) is 65.5 Å². The van der Waals surface area contributed by atoms with E-state index in [1.807, 2.05) is 60.7 Å². The lowest BCUT2D eigenvalue weighted by Crippen LogP contribution is -2.41. The van der Waals surface area contributed by atoms with Crippen molar-refractivity contribution in [1.82, 2.24) is 15.6 Å². The van der Waals surface area contributed by atoms with Crippen LogP contribution in [0.2, 0.25) is 0 Å². The minimum atomic E-state index is -0.710. The molecule has 7 nitrogen and oxygen atoms in total. The maximum Gasteiger partial charge on any atom is 0.351 e. The Hall–Kier alpha value is -3.52. The highest BCUT2D eigenvalue weighted by atomic mass is 32.1. The smallest absolute Gasteiger partial charge is 0.351 e. The summed E-state index contributed by atoms with van der Waals surface area (Å²) in [7, 11) is 0. The number of esters is 1. The second-order valence-corrected chi connectivity index (χ2v) is 6.91. The summed E-state index contributed by atoms with van der Waals surface area (Å²) in [5.41, 5.74) is 2.14. The van der Waals surface area contributed by atoms with E-state index in [1.54, 1.807) is 6.92 Å². The van der Waals surface area contributed by atoms with Crippen LogP contribution in [0.15, 0.2) is 60.7 Å². The predicted molar refractivity (Wildman–Crippen MR) is 110 cm³/mol. The lowest BCUT2D eigenvalue weighted by atomic mass is 10.1. The minimum Gasteiger partial charge on any atom is -0.451 e. The van der Waals surface area contributed by atoms with Gasteiger partial charge in [0.2, 0.25) is 0 Å². The second kappa shape index (κ2) is 9.61. The fraction of sp³-hybridized carbons (Fsp3) is 0.143. The van der Waals surface area contributed by atoms with Gasteiger partial charge >= 0.3 is 12.0 Å². The van der Waals surface area contributed by atoms with E-state index in [9.17, 15) is 14.4 Å². The average molecular weight is 409 g/mol. The molecule has 3 amide bonds. The Kier molecular flexibility index (Phi) is 6.70. The fourth-order valence-electron chi connectivity index (χ4n) is 2.52. The summed E-state index contributed by atoms with van der Waals surface area (Å²) >= 11 is 1.19. The van der Waals surface area contributed by atoms with Crippen molar-refractivity contribution in [2.45, 2.75) is 6.92 Å². The third kappa shape index (κ3) is 5.26. The number of nitrogens with one attached hydrogen (secondary N) is 2. The fourth-order valence-corrected chi connectivity index (χ4v) is 3.51. The van der Waals surface area contributed by atoms with Gasteiger partial charge < -0.3 is 10.1 Å². The zero-order chi connectivity index (χ0) is 20.6. The molecule has 0 aliphatic rings. The predicted octanol–water partition coefficient (Wildman–Crippen LogP) is 3.48. The van der Waals surface area contributed by atoms with Gasteiger partial charge in [0.15, 0.2) is 6.61 Å². The monoisotopic (exact) mass is 409 g/mol. The van der Waals surface area contributed by atoms with Crippen molar-refractivity contribution in [3.8, 4) is 21.8 Å². The van der Waals surface area contributed by atoms with Gasteiger partial charge in [-0.05, 0) is 6.92 Å². The van der Waals surface area contributed by atoms with Crippen LogP contribution in [0.1, 0.15) is 16.6 Å². The largest absolute Gasteiger partial charge is 0.451 e. The number of aromatic nitrogens is 1. The number of thiazole rings is 1. The normalized spacial score (nSPS) is 10.2. The summed E-state index contributed by atoms with van der Waals surface area (Å²) in [5.74, 6) is -1.38. The molecule has 0 saturated carbocycles. The second-order valence-electron chi connectivity index (χ2n) is 5.91. The molecule has 0 unspecified atom stereocenters. The molecule has 148 valence electrons. The first kappa shape index (κ1) is 20.2. The number of hydrogen-bond donors (Lipinski definition) is 2. The van der Waals surface area contributed by atoms with E-state index in [0.717, 1.165) is 11.1 Å². The van der Waals surface area contributed by atoms with Gasteiger partial charge in [0, 0.05) is 17.7 Å². The van der Waals surface area contributed by atoms with Gasteiger partial charge in [-0.25, -0.2) is 14.6 Å². The number of amides is 3. The van der Waals surface area contributed by atoms with E-state index in [0.29, 0.717) is 22.1 Å². The van der Waals surface area contributed by atoms with Crippen LogP contribution >= 0.6 is 11.3 Å². The number of carbonyl (C=O) groups is 3. The van der Waals surface area contributed by atoms with E-state index >= 15 is 0 Å². The molecule has 0 atom stereocenters. The zero-order valence-electron chi connectivity index (χ0n) is 15.7. The third-order valence-electron chi connectivity index (χ3n) is 3.81. The molecule has 8 heteroatoms. The maximum atomic E-state index is 12.7. The Balaban J connectivity index is 1.81. The topological polar surface area (TPSA) is 97.4 Å². The zero-order valence-corrected chi connectivity index (χ0v) is 16.5. The van der Waals surface area contributed by atoms with Gasteiger partial charge in [0.05, 0.1) is 5.69 Å². The number of imide groups is 1. The number of ether oxygens (including phenoxy) is 1. The Bertz CT molecular complexity index is 1000. The van der Waals surface area contributed by atoms with Crippen molar-refractivity contribution in [1.29, 1.82) is 0 Å². The highest BCUT2D eigenvalue weighted by Gasteiger charge is 2.22. The SMILES string of the molecule is CCNC(=O)NC(=O)COC(=O)c1sc(-c2ccccc2)nc1-c1ccccc1. The van der Waals surface area contributed by atoms with Crippen molar-refractivity contribution in [2.75, 3.05) is 13.2 Å². The van der Waals surface area contributed by atoms with E-state index in [2.05, 4.69) is 15.6 Å². The first-order valence-corrected chi connectivity index (χ1v) is 9.76. The van der Waals surface area contributed by atoms with Crippen LogP contribution in [-0.2, 0) is 9.53 Å². The van der Waals surface area contributed by atoms with Gasteiger partial charge in [0.1, 0.15) is 9.88 Å². The molecule has 1 aromatic heterocycles. The van der Waals surface area contributed by atoms with Crippen LogP contribution in [0.5, 0.6) is 0 Å². The molecule has 3 rings (SSSR count). The van der Waals surface area contributed by atoms with Crippen LogP contribution < -0.4 is 10.6 Å². The molecule has 2 aromatic carbocycles. The Labute approximate surface area is 171 Å². The number of carbonyl (C=O) groups excluding carboxylic acids is 3. The summed E-state index contributed by atoms with van der Waals surface area (Å²) < 4.78 is 5.12. The molecule has 0 radical (unpaired) electrons. The van der Waals surface area contributed by atoms with Gasteiger partial charge in [-0.2, -0.15) is 0 Å². The first-order valence-electron chi connectivity index (χ1n) is 8.95. The molecule has 29 heavy (non-hydrogen) atoms. The van der Waals surface area contributed by atoms with Gasteiger partial charge in [-0.15, -0.1) is 11.3 Å². The Morgan fingerprint density at radius 2 is 1.59 bits per heavy atom. The van der Waals surface area contributed by atoms with Gasteiger partial charge in [-0.1, -0.05) is 60.7 Å². The van der Waals surface area contributed by atoms with E-state index in [4.69, 9.17) is 4.74 Å². The Morgan fingerprint density at radius 3 is 2.21 bits per heavy atom. The molecule has 0 fully saturated rings. The van der Waals surface area contributed by atoms with Crippen LogP contribution in [0.4, 0.5) is 4.79 Å². The van der Waals surface area contributed by atoms with Gasteiger partial charge in [-0.3, -0.25) is 10.1 Å². The van der Waals surface area contributed by atoms with Crippen LogP contribution in [-0.4, -0.2) is 36.0 Å². The molecule has 0 aliphatic carbocycles. The molecule has 0 aliphatic heterocycles.